The van der Waals surface area contributed by atoms with Gasteiger partial charge in [0.05, 0.1) is 37.1 Å². The normalized spacial score (nSPS) is 10.8. The number of nitrogens with one attached hydrogen (secondary N) is 2. The largest absolute Gasteiger partial charge is 0.394 e. The van der Waals surface area contributed by atoms with Crippen LogP contribution in [0.3, 0.4) is 0 Å². The monoisotopic (exact) mass is 427 g/mol. The van der Waals surface area contributed by atoms with Gasteiger partial charge in [0.15, 0.2) is 0 Å². The number of nitrogens with zero attached hydrogens (tertiary/aromatic N) is 2. The van der Waals surface area contributed by atoms with Crippen molar-refractivity contribution < 1.29 is 24.2 Å². The van der Waals surface area contributed by atoms with Crippen LogP contribution in [0.1, 0.15) is 5.56 Å². The SMILES string of the molecule is NC(=O)Nc1cc(-c2ccccc2F)nn1-c1ccc(CC(=O)NC(CO)CO)cc1. The van der Waals surface area contributed by atoms with Gasteiger partial charge in [0.2, 0.25) is 5.91 Å². The summed E-state index contributed by atoms with van der Waals surface area (Å²) in [6.07, 6.45) is 0.0444. The molecule has 3 rings (SSSR count). The fourth-order valence-electron chi connectivity index (χ4n) is 2.96. The molecule has 162 valence electrons. The number of aromatic nitrogens is 2. The van der Waals surface area contributed by atoms with Crippen LogP contribution in [0.15, 0.2) is 54.6 Å². The van der Waals surface area contributed by atoms with Crippen molar-refractivity contribution >= 4 is 17.8 Å². The van der Waals surface area contributed by atoms with E-state index >= 15 is 0 Å². The first-order chi connectivity index (χ1) is 14.9. The van der Waals surface area contributed by atoms with Gasteiger partial charge in [-0.3, -0.25) is 10.1 Å². The van der Waals surface area contributed by atoms with E-state index in [1.165, 1.54) is 16.8 Å². The molecule has 0 spiro atoms. The molecule has 3 aromatic rings. The summed E-state index contributed by atoms with van der Waals surface area (Å²) >= 11 is 0. The van der Waals surface area contributed by atoms with Gasteiger partial charge in [0.25, 0.3) is 0 Å². The van der Waals surface area contributed by atoms with Gasteiger partial charge >= 0.3 is 6.03 Å². The van der Waals surface area contributed by atoms with Crippen molar-refractivity contribution in [3.8, 4) is 16.9 Å². The van der Waals surface area contributed by atoms with Crippen molar-refractivity contribution in [1.29, 1.82) is 0 Å². The van der Waals surface area contributed by atoms with E-state index in [4.69, 9.17) is 15.9 Å². The van der Waals surface area contributed by atoms with Crippen LogP contribution in [-0.4, -0.2) is 51.2 Å². The second-order valence-corrected chi connectivity index (χ2v) is 6.77. The zero-order valence-electron chi connectivity index (χ0n) is 16.5. The summed E-state index contributed by atoms with van der Waals surface area (Å²) in [6, 6.07) is 12.9. The lowest BCUT2D eigenvalue weighted by molar-refractivity contribution is -0.121. The number of aliphatic hydroxyl groups excluding tert-OH is 2. The second-order valence-electron chi connectivity index (χ2n) is 6.77. The zero-order chi connectivity index (χ0) is 22.4. The van der Waals surface area contributed by atoms with Crippen LogP contribution in [0.2, 0.25) is 0 Å². The molecule has 2 aromatic carbocycles. The molecule has 9 nitrogen and oxygen atoms in total. The van der Waals surface area contributed by atoms with Gasteiger partial charge in [0.1, 0.15) is 11.6 Å². The number of hydrogen-bond acceptors (Lipinski definition) is 5. The summed E-state index contributed by atoms with van der Waals surface area (Å²) in [5.74, 6) is -0.550. The minimum Gasteiger partial charge on any atom is -0.394 e. The predicted octanol–water partition coefficient (Wildman–Crippen LogP) is 1.18. The molecule has 10 heteroatoms. The van der Waals surface area contributed by atoms with Gasteiger partial charge in [-0.15, -0.1) is 0 Å². The summed E-state index contributed by atoms with van der Waals surface area (Å²) in [6.45, 7) is -0.721. The number of carbonyl (C=O) groups excluding carboxylic acids is 2. The number of hydrogen-bond donors (Lipinski definition) is 5. The molecule has 1 aromatic heterocycles. The van der Waals surface area contributed by atoms with E-state index < -0.39 is 17.9 Å². The maximum atomic E-state index is 14.2. The van der Waals surface area contributed by atoms with Crippen LogP contribution in [0.4, 0.5) is 15.0 Å². The van der Waals surface area contributed by atoms with Crippen molar-refractivity contribution in [2.75, 3.05) is 18.5 Å². The van der Waals surface area contributed by atoms with E-state index in [0.717, 1.165) is 0 Å². The highest BCUT2D eigenvalue weighted by Crippen LogP contribution is 2.26. The Morgan fingerprint density at radius 1 is 1.10 bits per heavy atom. The number of anilines is 1. The molecule has 0 bridgehead atoms. The van der Waals surface area contributed by atoms with E-state index in [9.17, 15) is 14.0 Å². The second kappa shape index (κ2) is 9.83. The molecule has 0 unspecified atom stereocenters. The molecule has 3 amide bonds. The van der Waals surface area contributed by atoms with Crippen molar-refractivity contribution in [3.05, 3.63) is 66.0 Å². The number of primary amides is 1. The Morgan fingerprint density at radius 3 is 2.39 bits per heavy atom. The van der Waals surface area contributed by atoms with Crippen LogP contribution in [-0.2, 0) is 11.2 Å². The number of benzene rings is 2. The fourth-order valence-corrected chi connectivity index (χ4v) is 2.96. The van der Waals surface area contributed by atoms with Gasteiger partial charge in [-0.1, -0.05) is 24.3 Å². The van der Waals surface area contributed by atoms with Crippen molar-refractivity contribution in [1.82, 2.24) is 15.1 Å². The van der Waals surface area contributed by atoms with E-state index in [0.29, 0.717) is 16.9 Å². The zero-order valence-corrected chi connectivity index (χ0v) is 16.5. The Labute approximate surface area is 177 Å². The molecular weight excluding hydrogens is 405 g/mol. The Bertz CT molecular complexity index is 1060. The van der Waals surface area contributed by atoms with Gasteiger partial charge in [-0.2, -0.15) is 5.10 Å². The third-order valence-electron chi connectivity index (χ3n) is 4.46. The standard InChI is InChI=1S/C21H22FN5O4/c22-17-4-2-1-3-16(17)18-10-19(25-21(23)31)27(26-18)15-7-5-13(6-8-15)9-20(30)24-14(11-28)12-29/h1-8,10,14,28-29H,9,11-12H2,(H,24,30)(H3,23,25,31). The third-order valence-corrected chi connectivity index (χ3v) is 4.46. The van der Waals surface area contributed by atoms with Gasteiger partial charge in [0, 0.05) is 11.6 Å². The topological polar surface area (TPSA) is 142 Å². The Kier molecular flexibility index (Phi) is 6.96. The van der Waals surface area contributed by atoms with Crippen molar-refractivity contribution in [2.24, 2.45) is 5.73 Å². The molecule has 0 aliphatic rings. The fraction of sp³-hybridized carbons (Fsp3) is 0.190. The van der Waals surface area contributed by atoms with E-state index in [2.05, 4.69) is 15.7 Å². The predicted molar refractivity (Wildman–Crippen MR) is 112 cm³/mol. The summed E-state index contributed by atoms with van der Waals surface area (Å²) in [5.41, 5.74) is 7.06. The van der Waals surface area contributed by atoms with Crippen molar-refractivity contribution in [2.45, 2.75) is 12.5 Å². The van der Waals surface area contributed by atoms with Crippen LogP contribution in [0.5, 0.6) is 0 Å². The number of rotatable bonds is 8. The maximum absolute atomic E-state index is 14.2. The van der Waals surface area contributed by atoms with Gasteiger partial charge < -0.3 is 21.3 Å². The molecule has 6 N–H and O–H groups in total. The summed E-state index contributed by atoms with van der Waals surface area (Å²) in [7, 11) is 0. The molecule has 0 aliphatic heterocycles. The Morgan fingerprint density at radius 2 is 1.77 bits per heavy atom. The van der Waals surface area contributed by atoms with E-state index in [-0.39, 0.29) is 36.9 Å². The van der Waals surface area contributed by atoms with Crippen LogP contribution < -0.4 is 16.4 Å². The summed E-state index contributed by atoms with van der Waals surface area (Å²) < 4.78 is 15.6. The Balaban J connectivity index is 1.85. The molecule has 0 fully saturated rings. The average Bonchev–Trinajstić information content (AvgIpc) is 3.15. The van der Waals surface area contributed by atoms with E-state index in [1.807, 2.05) is 0 Å². The highest BCUT2D eigenvalue weighted by molar-refractivity contribution is 5.88. The lowest BCUT2D eigenvalue weighted by atomic mass is 10.1. The molecule has 31 heavy (non-hydrogen) atoms. The van der Waals surface area contributed by atoms with Crippen LogP contribution >= 0.6 is 0 Å². The van der Waals surface area contributed by atoms with Crippen molar-refractivity contribution in [3.63, 3.8) is 0 Å². The Hall–Kier alpha value is -3.76. The number of amides is 3. The van der Waals surface area contributed by atoms with Gasteiger partial charge in [-0.25, -0.2) is 13.9 Å². The molecule has 0 aliphatic carbocycles. The van der Waals surface area contributed by atoms with Crippen LogP contribution in [0.25, 0.3) is 16.9 Å². The quantitative estimate of drug-likeness (QED) is 0.367. The number of carbonyl (C=O) groups is 2. The first-order valence-corrected chi connectivity index (χ1v) is 9.43. The highest BCUT2D eigenvalue weighted by Gasteiger charge is 2.16. The summed E-state index contributed by atoms with van der Waals surface area (Å²) in [4.78, 5) is 23.4. The van der Waals surface area contributed by atoms with E-state index in [1.54, 1.807) is 42.5 Å². The lowest BCUT2D eigenvalue weighted by Crippen LogP contribution is -2.40. The molecule has 0 saturated heterocycles. The number of halogens is 1. The maximum Gasteiger partial charge on any atom is 0.317 e. The first kappa shape index (κ1) is 21.9. The first-order valence-electron chi connectivity index (χ1n) is 9.43. The average molecular weight is 427 g/mol. The number of aliphatic hydroxyl groups is 2. The molecular formula is C21H22FN5O4. The summed E-state index contributed by atoms with van der Waals surface area (Å²) in [5, 5.41) is 27.5. The smallest absolute Gasteiger partial charge is 0.317 e. The lowest BCUT2D eigenvalue weighted by Gasteiger charge is -2.13. The molecule has 0 saturated carbocycles. The molecule has 0 atom stereocenters. The highest BCUT2D eigenvalue weighted by atomic mass is 19.1. The van der Waals surface area contributed by atoms with Crippen LogP contribution in [0, 0.1) is 5.82 Å². The minimum absolute atomic E-state index is 0.0444. The number of nitrogens with two attached hydrogens (primary N) is 1. The number of urea groups is 1. The molecule has 1 heterocycles. The molecule has 0 radical (unpaired) electrons. The van der Waals surface area contributed by atoms with Gasteiger partial charge in [-0.05, 0) is 29.8 Å². The third kappa shape index (κ3) is 5.44. The minimum atomic E-state index is -0.795.